The number of hydrogen-bond donors (Lipinski definition) is 1. The lowest BCUT2D eigenvalue weighted by Crippen LogP contribution is -2.50. The lowest BCUT2D eigenvalue weighted by atomic mass is 9.78. The third-order valence-corrected chi connectivity index (χ3v) is 4.87. The maximum Gasteiger partial charge on any atom is 0.227 e. The minimum Gasteiger partial charge on any atom is -0.399 e. The maximum absolute atomic E-state index is 12.6. The van der Waals surface area contributed by atoms with Gasteiger partial charge < -0.3 is 10.6 Å². The highest BCUT2D eigenvalue weighted by molar-refractivity contribution is 5.79. The quantitative estimate of drug-likeness (QED) is 0.841. The van der Waals surface area contributed by atoms with E-state index >= 15 is 0 Å². The van der Waals surface area contributed by atoms with Crippen molar-refractivity contribution in [1.82, 2.24) is 4.90 Å². The minimum atomic E-state index is 0.284. The number of piperidine rings is 1. The molecule has 3 nitrogen and oxygen atoms in total. The minimum absolute atomic E-state index is 0.284. The molecule has 1 aromatic carbocycles. The van der Waals surface area contributed by atoms with Crippen molar-refractivity contribution in [2.45, 2.75) is 51.0 Å². The first-order valence-corrected chi connectivity index (χ1v) is 7.88. The summed E-state index contributed by atoms with van der Waals surface area (Å²) in [6.07, 6.45) is 8.12. The summed E-state index contributed by atoms with van der Waals surface area (Å²) in [6, 6.07) is 8.21. The summed E-state index contributed by atoms with van der Waals surface area (Å²) in [5.41, 5.74) is 7.57. The Bertz CT molecular complexity index is 484. The van der Waals surface area contributed by atoms with Gasteiger partial charge >= 0.3 is 0 Å². The van der Waals surface area contributed by atoms with Crippen LogP contribution in [0.3, 0.4) is 0 Å². The lowest BCUT2D eigenvalue weighted by Gasteiger charge is -2.44. The fraction of sp³-hybridized carbons (Fsp3) is 0.588. The first-order chi connectivity index (χ1) is 9.74. The summed E-state index contributed by atoms with van der Waals surface area (Å²) in [6.45, 7) is 0.947. The number of fused-ring (bicyclic) bond motifs is 1. The molecule has 2 N–H and O–H groups in total. The van der Waals surface area contributed by atoms with E-state index in [1.807, 2.05) is 24.3 Å². The van der Waals surface area contributed by atoms with E-state index in [-0.39, 0.29) is 5.91 Å². The second-order valence-corrected chi connectivity index (χ2v) is 6.26. The van der Waals surface area contributed by atoms with E-state index in [0.29, 0.717) is 12.5 Å². The van der Waals surface area contributed by atoms with E-state index in [1.54, 1.807) is 0 Å². The van der Waals surface area contributed by atoms with Gasteiger partial charge in [-0.15, -0.1) is 0 Å². The van der Waals surface area contributed by atoms with Gasteiger partial charge in [-0.05, 0) is 49.3 Å². The van der Waals surface area contributed by atoms with Crippen molar-refractivity contribution in [3.63, 3.8) is 0 Å². The first-order valence-electron chi connectivity index (χ1n) is 7.88. The smallest absolute Gasteiger partial charge is 0.227 e. The largest absolute Gasteiger partial charge is 0.399 e. The number of rotatable bonds is 2. The zero-order valence-electron chi connectivity index (χ0n) is 12.1. The highest BCUT2D eigenvalue weighted by Crippen LogP contribution is 2.35. The van der Waals surface area contributed by atoms with Crippen molar-refractivity contribution in [3.8, 4) is 0 Å². The van der Waals surface area contributed by atoms with Crippen LogP contribution in [0.5, 0.6) is 0 Å². The molecule has 2 fully saturated rings. The Morgan fingerprint density at radius 1 is 1.20 bits per heavy atom. The molecule has 108 valence electrons. The molecule has 1 saturated carbocycles. The van der Waals surface area contributed by atoms with Crippen molar-refractivity contribution < 1.29 is 4.79 Å². The molecule has 2 aliphatic rings. The number of nitrogen functional groups attached to an aromatic ring is 1. The van der Waals surface area contributed by atoms with Crippen LogP contribution in [0.4, 0.5) is 5.69 Å². The molecule has 1 aliphatic carbocycles. The number of amides is 1. The molecule has 3 rings (SSSR count). The number of benzene rings is 1. The van der Waals surface area contributed by atoms with Gasteiger partial charge in [-0.2, -0.15) is 0 Å². The van der Waals surface area contributed by atoms with Crippen LogP contribution in [0.2, 0.25) is 0 Å². The average molecular weight is 272 g/mol. The van der Waals surface area contributed by atoms with Crippen LogP contribution < -0.4 is 5.73 Å². The molecular formula is C17H24N2O. The van der Waals surface area contributed by atoms with Crippen LogP contribution in [-0.4, -0.2) is 23.4 Å². The van der Waals surface area contributed by atoms with Gasteiger partial charge in [0, 0.05) is 18.3 Å². The van der Waals surface area contributed by atoms with Crippen molar-refractivity contribution in [2.24, 2.45) is 5.92 Å². The molecule has 0 spiro atoms. The zero-order valence-corrected chi connectivity index (χ0v) is 12.1. The van der Waals surface area contributed by atoms with E-state index in [4.69, 9.17) is 5.73 Å². The molecule has 0 aromatic heterocycles. The van der Waals surface area contributed by atoms with Gasteiger partial charge in [0.15, 0.2) is 0 Å². The number of nitrogens with zero attached hydrogens (tertiary/aromatic N) is 1. The van der Waals surface area contributed by atoms with E-state index in [1.165, 1.54) is 38.5 Å². The van der Waals surface area contributed by atoms with Gasteiger partial charge in [0.2, 0.25) is 5.91 Å². The fourth-order valence-electron chi connectivity index (χ4n) is 3.91. The molecule has 1 aliphatic heterocycles. The number of carbonyl (C=O) groups is 1. The van der Waals surface area contributed by atoms with Gasteiger partial charge in [0.1, 0.15) is 0 Å². The number of nitrogens with two attached hydrogens (primary N) is 1. The summed E-state index contributed by atoms with van der Waals surface area (Å²) in [7, 11) is 0. The summed E-state index contributed by atoms with van der Waals surface area (Å²) in [4.78, 5) is 14.8. The van der Waals surface area contributed by atoms with Crippen molar-refractivity contribution in [1.29, 1.82) is 0 Å². The summed E-state index contributed by atoms with van der Waals surface area (Å²) < 4.78 is 0. The average Bonchev–Trinajstić information content (AvgIpc) is 2.46. The molecule has 20 heavy (non-hydrogen) atoms. The predicted molar refractivity (Wildman–Crippen MR) is 81.3 cm³/mol. The van der Waals surface area contributed by atoms with Crippen molar-refractivity contribution in [3.05, 3.63) is 29.8 Å². The van der Waals surface area contributed by atoms with Crippen molar-refractivity contribution in [2.75, 3.05) is 12.3 Å². The second-order valence-electron chi connectivity index (χ2n) is 6.26. The van der Waals surface area contributed by atoms with E-state index in [9.17, 15) is 4.79 Å². The molecular weight excluding hydrogens is 248 g/mol. The Morgan fingerprint density at radius 2 is 2.00 bits per heavy atom. The highest BCUT2D eigenvalue weighted by Gasteiger charge is 2.35. The monoisotopic (exact) mass is 272 g/mol. The molecule has 2 atom stereocenters. The Labute approximate surface area is 121 Å². The summed E-state index contributed by atoms with van der Waals surface area (Å²) >= 11 is 0. The van der Waals surface area contributed by atoms with Crippen LogP contribution in [0.25, 0.3) is 0 Å². The topological polar surface area (TPSA) is 46.3 Å². The molecule has 3 heteroatoms. The zero-order chi connectivity index (χ0) is 13.9. The summed E-state index contributed by atoms with van der Waals surface area (Å²) in [5, 5.41) is 0. The van der Waals surface area contributed by atoms with Crippen LogP contribution in [0.15, 0.2) is 24.3 Å². The predicted octanol–water partition coefficient (Wildman–Crippen LogP) is 2.99. The van der Waals surface area contributed by atoms with Gasteiger partial charge in [-0.25, -0.2) is 0 Å². The molecule has 1 amide bonds. The number of hydrogen-bond acceptors (Lipinski definition) is 2. The Morgan fingerprint density at radius 3 is 2.85 bits per heavy atom. The molecule has 0 bridgehead atoms. The van der Waals surface area contributed by atoms with Crippen LogP contribution in [0.1, 0.15) is 44.1 Å². The second kappa shape index (κ2) is 5.86. The standard InChI is InChI=1S/C17H24N2O/c18-15-8-3-5-13(11-15)12-17(20)19-10-4-7-14-6-1-2-9-16(14)19/h3,5,8,11,14,16H,1-2,4,6-7,9-10,12,18H2. The van der Waals surface area contributed by atoms with E-state index < -0.39 is 0 Å². The van der Waals surface area contributed by atoms with Gasteiger partial charge in [0.05, 0.1) is 6.42 Å². The van der Waals surface area contributed by atoms with Gasteiger partial charge in [0.25, 0.3) is 0 Å². The highest BCUT2D eigenvalue weighted by atomic mass is 16.2. The first kappa shape index (κ1) is 13.5. The third-order valence-electron chi connectivity index (χ3n) is 4.87. The van der Waals surface area contributed by atoms with E-state index in [2.05, 4.69) is 4.90 Å². The van der Waals surface area contributed by atoms with Crippen LogP contribution in [-0.2, 0) is 11.2 Å². The maximum atomic E-state index is 12.6. The normalized spacial score (nSPS) is 26.1. The van der Waals surface area contributed by atoms with Crippen molar-refractivity contribution >= 4 is 11.6 Å². The van der Waals surface area contributed by atoms with Crippen LogP contribution >= 0.6 is 0 Å². The van der Waals surface area contributed by atoms with Crippen LogP contribution in [0, 0.1) is 5.92 Å². The number of carbonyl (C=O) groups excluding carboxylic acids is 1. The fourth-order valence-corrected chi connectivity index (χ4v) is 3.91. The SMILES string of the molecule is Nc1cccc(CC(=O)N2CCCC3CCCCC32)c1. The molecule has 1 saturated heterocycles. The number of anilines is 1. The Hall–Kier alpha value is -1.51. The lowest BCUT2D eigenvalue weighted by molar-refractivity contribution is -0.136. The number of likely N-dealkylation sites (tertiary alicyclic amines) is 1. The summed E-state index contributed by atoms with van der Waals surface area (Å²) in [5.74, 6) is 1.04. The molecule has 2 unspecified atom stereocenters. The Balaban J connectivity index is 1.69. The van der Waals surface area contributed by atoms with E-state index in [0.717, 1.165) is 23.7 Å². The molecule has 0 radical (unpaired) electrons. The van der Waals surface area contributed by atoms with Gasteiger partial charge in [-0.1, -0.05) is 25.0 Å². The Kier molecular flexibility index (Phi) is 3.95. The third kappa shape index (κ3) is 2.82. The molecule has 1 aromatic rings. The molecule has 1 heterocycles. The van der Waals surface area contributed by atoms with Gasteiger partial charge in [-0.3, -0.25) is 4.79 Å².